The van der Waals surface area contributed by atoms with E-state index in [9.17, 15) is 9.59 Å². The Morgan fingerprint density at radius 3 is 2.75 bits per heavy atom. The summed E-state index contributed by atoms with van der Waals surface area (Å²) in [5, 5.41) is 7.93. The fraction of sp³-hybridized carbons (Fsp3) is 0.294. The summed E-state index contributed by atoms with van der Waals surface area (Å²) in [6.45, 7) is 2.25. The maximum atomic E-state index is 12.1. The van der Waals surface area contributed by atoms with Crippen molar-refractivity contribution in [1.29, 1.82) is 0 Å². The van der Waals surface area contributed by atoms with Gasteiger partial charge in [0.15, 0.2) is 0 Å². The molecule has 0 saturated carbocycles. The summed E-state index contributed by atoms with van der Waals surface area (Å²) in [7, 11) is 1.54. The average Bonchev–Trinajstić information content (AvgIpc) is 3.05. The normalized spacial score (nSPS) is 14.5. The van der Waals surface area contributed by atoms with Crippen molar-refractivity contribution >= 4 is 17.5 Å². The van der Waals surface area contributed by atoms with Gasteiger partial charge in [0.1, 0.15) is 12.0 Å². The van der Waals surface area contributed by atoms with Crippen molar-refractivity contribution in [1.82, 2.24) is 15.3 Å². The largest absolute Gasteiger partial charge is 0.444 e. The first-order valence-corrected chi connectivity index (χ1v) is 7.66. The highest BCUT2D eigenvalue weighted by Gasteiger charge is 2.21. The number of oxazole rings is 1. The van der Waals surface area contributed by atoms with Crippen LogP contribution in [0.3, 0.4) is 0 Å². The van der Waals surface area contributed by atoms with Gasteiger partial charge in [-0.15, -0.1) is 0 Å². The Kier molecular flexibility index (Phi) is 4.41. The molecule has 0 spiro atoms. The minimum absolute atomic E-state index is 0.0919. The number of aryl methyl sites for hydroxylation is 1. The number of hydrogen-bond donors (Lipinski definition) is 1. The van der Waals surface area contributed by atoms with Gasteiger partial charge in [-0.05, 0) is 19.1 Å². The molecule has 1 aromatic carbocycles. The molecular formula is C17H18N4O3. The lowest BCUT2D eigenvalue weighted by atomic mass is 10.1. The summed E-state index contributed by atoms with van der Waals surface area (Å²) in [6, 6.07) is 7.85. The molecule has 0 atom stereocenters. The zero-order valence-corrected chi connectivity index (χ0v) is 13.6. The van der Waals surface area contributed by atoms with Crippen molar-refractivity contribution in [3.05, 3.63) is 41.8 Å². The smallest absolute Gasteiger partial charge is 0.267 e. The van der Waals surface area contributed by atoms with Crippen LogP contribution < -0.4 is 5.32 Å². The maximum absolute atomic E-state index is 12.1. The standard InChI is InChI=1S/C17H18N4O3/c1-11-3-5-12(6-4-11)17-19-13(10-24-17)9-18-16(23)14-7-8-15(22)21(2)20-14/h3-6,10H,7-9H2,1-2H3,(H,18,23). The first-order valence-electron chi connectivity index (χ1n) is 7.66. The number of hydrazone groups is 1. The SMILES string of the molecule is Cc1ccc(-c2nc(CNC(=O)C3=NN(C)C(=O)CC3)co2)cc1. The number of hydrogen-bond acceptors (Lipinski definition) is 5. The maximum Gasteiger partial charge on any atom is 0.267 e. The second-order valence-electron chi connectivity index (χ2n) is 5.66. The molecule has 2 aromatic rings. The molecule has 24 heavy (non-hydrogen) atoms. The molecule has 0 radical (unpaired) electrons. The van der Waals surface area contributed by atoms with Crippen molar-refractivity contribution in [3.8, 4) is 11.5 Å². The van der Waals surface area contributed by atoms with Crippen LogP contribution in [0.15, 0.2) is 40.0 Å². The molecule has 1 N–H and O–H groups in total. The molecule has 2 amide bonds. The van der Waals surface area contributed by atoms with Crippen LogP contribution >= 0.6 is 0 Å². The van der Waals surface area contributed by atoms with Crippen LogP contribution in [0.2, 0.25) is 0 Å². The zero-order chi connectivity index (χ0) is 17.1. The van der Waals surface area contributed by atoms with Crippen molar-refractivity contribution in [2.45, 2.75) is 26.3 Å². The van der Waals surface area contributed by atoms with Crippen LogP contribution in [-0.4, -0.2) is 34.6 Å². The van der Waals surface area contributed by atoms with E-state index in [4.69, 9.17) is 4.42 Å². The second kappa shape index (κ2) is 6.66. The third-order valence-electron chi connectivity index (χ3n) is 3.75. The highest BCUT2D eigenvalue weighted by Crippen LogP contribution is 2.19. The van der Waals surface area contributed by atoms with E-state index in [1.54, 1.807) is 7.05 Å². The molecule has 0 saturated heterocycles. The Morgan fingerprint density at radius 1 is 1.29 bits per heavy atom. The lowest BCUT2D eigenvalue weighted by Crippen LogP contribution is -2.37. The van der Waals surface area contributed by atoms with Crippen LogP contribution in [0.5, 0.6) is 0 Å². The van der Waals surface area contributed by atoms with E-state index >= 15 is 0 Å². The summed E-state index contributed by atoms with van der Waals surface area (Å²) in [5.41, 5.74) is 3.02. The highest BCUT2D eigenvalue weighted by atomic mass is 16.3. The van der Waals surface area contributed by atoms with E-state index in [0.29, 0.717) is 30.1 Å². The van der Waals surface area contributed by atoms with Crippen molar-refractivity contribution < 1.29 is 14.0 Å². The number of nitrogens with zero attached hydrogens (tertiary/aromatic N) is 3. The Balaban J connectivity index is 1.61. The molecule has 124 valence electrons. The number of benzene rings is 1. The monoisotopic (exact) mass is 326 g/mol. The molecule has 2 heterocycles. The van der Waals surface area contributed by atoms with E-state index in [2.05, 4.69) is 15.4 Å². The van der Waals surface area contributed by atoms with Gasteiger partial charge < -0.3 is 9.73 Å². The Hall–Kier alpha value is -2.96. The number of rotatable bonds is 4. The van der Waals surface area contributed by atoms with Crippen molar-refractivity contribution in [3.63, 3.8) is 0 Å². The first-order chi connectivity index (χ1) is 11.5. The topological polar surface area (TPSA) is 87.8 Å². The second-order valence-corrected chi connectivity index (χ2v) is 5.66. The van der Waals surface area contributed by atoms with Gasteiger partial charge >= 0.3 is 0 Å². The van der Waals surface area contributed by atoms with E-state index in [1.807, 2.05) is 31.2 Å². The highest BCUT2D eigenvalue weighted by molar-refractivity contribution is 6.39. The fourth-order valence-corrected chi connectivity index (χ4v) is 2.32. The minimum Gasteiger partial charge on any atom is -0.444 e. The molecule has 3 rings (SSSR count). The average molecular weight is 326 g/mol. The molecule has 0 fully saturated rings. The number of nitrogens with one attached hydrogen (secondary N) is 1. The van der Waals surface area contributed by atoms with Gasteiger partial charge in [0.2, 0.25) is 11.8 Å². The van der Waals surface area contributed by atoms with Crippen LogP contribution in [0.1, 0.15) is 24.1 Å². The fourth-order valence-electron chi connectivity index (χ4n) is 2.32. The molecule has 0 bridgehead atoms. The van der Waals surface area contributed by atoms with Gasteiger partial charge in [-0.2, -0.15) is 5.10 Å². The summed E-state index contributed by atoms with van der Waals surface area (Å²) in [6.07, 6.45) is 2.17. The summed E-state index contributed by atoms with van der Waals surface area (Å²) in [5.74, 6) is 0.125. The number of amides is 2. The molecule has 0 aliphatic carbocycles. The predicted octanol–water partition coefficient (Wildman–Crippen LogP) is 1.87. The third kappa shape index (κ3) is 3.51. The van der Waals surface area contributed by atoms with Gasteiger partial charge in [-0.3, -0.25) is 9.59 Å². The summed E-state index contributed by atoms with van der Waals surface area (Å²) < 4.78 is 5.45. The molecule has 0 unspecified atom stereocenters. The quantitative estimate of drug-likeness (QED) is 0.929. The summed E-state index contributed by atoms with van der Waals surface area (Å²) in [4.78, 5) is 27.8. The van der Waals surface area contributed by atoms with Crippen LogP contribution in [0.4, 0.5) is 0 Å². The minimum atomic E-state index is -0.297. The van der Waals surface area contributed by atoms with Crippen LogP contribution in [0.25, 0.3) is 11.5 Å². The molecular weight excluding hydrogens is 308 g/mol. The number of aromatic nitrogens is 1. The van der Waals surface area contributed by atoms with E-state index < -0.39 is 0 Å². The third-order valence-corrected chi connectivity index (χ3v) is 3.75. The molecule has 1 aromatic heterocycles. The van der Waals surface area contributed by atoms with Gasteiger partial charge in [-0.1, -0.05) is 17.7 Å². The van der Waals surface area contributed by atoms with E-state index in [1.165, 1.54) is 11.3 Å². The van der Waals surface area contributed by atoms with Crippen molar-refractivity contribution in [2.75, 3.05) is 7.05 Å². The van der Waals surface area contributed by atoms with Gasteiger partial charge in [0.05, 0.1) is 12.2 Å². The number of carbonyl (C=O) groups is 2. The number of carbonyl (C=O) groups excluding carboxylic acids is 2. The Morgan fingerprint density at radius 2 is 2.04 bits per heavy atom. The zero-order valence-electron chi connectivity index (χ0n) is 13.6. The molecule has 1 aliphatic rings. The first kappa shape index (κ1) is 15.9. The molecule has 7 heteroatoms. The van der Waals surface area contributed by atoms with Crippen LogP contribution in [-0.2, 0) is 16.1 Å². The molecule has 1 aliphatic heterocycles. The predicted molar refractivity (Wildman–Crippen MR) is 88.0 cm³/mol. The van der Waals surface area contributed by atoms with Crippen LogP contribution in [0, 0.1) is 6.92 Å². The van der Waals surface area contributed by atoms with E-state index in [-0.39, 0.29) is 18.4 Å². The van der Waals surface area contributed by atoms with Gasteiger partial charge in [0.25, 0.3) is 5.91 Å². The van der Waals surface area contributed by atoms with Crippen molar-refractivity contribution in [2.24, 2.45) is 5.10 Å². The summed E-state index contributed by atoms with van der Waals surface area (Å²) >= 11 is 0. The van der Waals surface area contributed by atoms with Gasteiger partial charge in [0, 0.05) is 25.5 Å². The Bertz CT molecular complexity index is 792. The Labute approximate surface area is 139 Å². The van der Waals surface area contributed by atoms with E-state index in [0.717, 1.165) is 11.1 Å². The lowest BCUT2D eigenvalue weighted by Gasteiger charge is -2.18. The molecule has 7 nitrogen and oxygen atoms in total. The lowest BCUT2D eigenvalue weighted by molar-refractivity contribution is -0.130. The van der Waals surface area contributed by atoms with Gasteiger partial charge in [-0.25, -0.2) is 9.99 Å².